The Kier molecular flexibility index (Phi) is 3.92. The SMILES string of the molecule is COc1cccc(-c2c(Cl)cc(C3(N)N=CNN3)cc2Cl)n1. The normalized spacial score (nSPS) is 20.0. The molecule has 114 valence electrons. The number of ether oxygens (including phenoxy) is 1. The first kappa shape index (κ1) is 15.1. The summed E-state index contributed by atoms with van der Waals surface area (Å²) in [6.45, 7) is 0. The van der Waals surface area contributed by atoms with Gasteiger partial charge in [-0.25, -0.2) is 9.98 Å². The highest BCUT2D eigenvalue weighted by atomic mass is 35.5. The van der Waals surface area contributed by atoms with Crippen molar-refractivity contribution in [2.45, 2.75) is 5.79 Å². The van der Waals surface area contributed by atoms with E-state index in [-0.39, 0.29) is 0 Å². The third-order valence-corrected chi connectivity index (χ3v) is 3.86. The van der Waals surface area contributed by atoms with Gasteiger partial charge in [0.15, 0.2) is 0 Å². The van der Waals surface area contributed by atoms with Gasteiger partial charge in [-0.2, -0.15) is 5.43 Å². The molecule has 0 saturated heterocycles. The minimum Gasteiger partial charge on any atom is -0.481 e. The van der Waals surface area contributed by atoms with Crippen LogP contribution in [-0.4, -0.2) is 18.4 Å². The highest BCUT2D eigenvalue weighted by Crippen LogP contribution is 2.37. The number of aliphatic imine (C=N–C) groups is 1. The Morgan fingerprint density at radius 3 is 2.55 bits per heavy atom. The summed E-state index contributed by atoms with van der Waals surface area (Å²) in [5.41, 5.74) is 13.6. The molecule has 3 rings (SSSR count). The molecule has 1 aliphatic heterocycles. The zero-order valence-electron chi connectivity index (χ0n) is 11.6. The average molecular weight is 338 g/mol. The molecule has 1 atom stereocenters. The topological polar surface area (TPSA) is 84.6 Å². The first-order valence-corrected chi connectivity index (χ1v) is 7.15. The molecule has 0 saturated carbocycles. The summed E-state index contributed by atoms with van der Waals surface area (Å²) in [5.74, 6) is -0.622. The van der Waals surface area contributed by atoms with Crippen LogP contribution in [0, 0.1) is 0 Å². The molecule has 0 fully saturated rings. The van der Waals surface area contributed by atoms with Crippen LogP contribution < -0.4 is 21.3 Å². The van der Waals surface area contributed by atoms with Gasteiger partial charge in [-0.15, -0.1) is 0 Å². The second-order valence-electron chi connectivity index (χ2n) is 4.67. The Balaban J connectivity index is 2.08. The lowest BCUT2D eigenvalue weighted by Crippen LogP contribution is -2.49. The van der Waals surface area contributed by atoms with Crippen molar-refractivity contribution in [3.8, 4) is 17.1 Å². The molecule has 1 aliphatic rings. The molecule has 4 N–H and O–H groups in total. The third-order valence-electron chi connectivity index (χ3n) is 3.27. The molecule has 0 aliphatic carbocycles. The van der Waals surface area contributed by atoms with Gasteiger partial charge in [-0.3, -0.25) is 5.73 Å². The summed E-state index contributed by atoms with van der Waals surface area (Å²) in [4.78, 5) is 8.48. The van der Waals surface area contributed by atoms with Gasteiger partial charge in [0.1, 0.15) is 6.34 Å². The van der Waals surface area contributed by atoms with Gasteiger partial charge in [0.2, 0.25) is 11.7 Å². The van der Waals surface area contributed by atoms with Crippen molar-refractivity contribution in [1.29, 1.82) is 0 Å². The molecule has 6 nitrogen and oxygen atoms in total. The Labute approximate surface area is 137 Å². The maximum absolute atomic E-state index is 6.38. The van der Waals surface area contributed by atoms with E-state index in [9.17, 15) is 0 Å². The minimum atomic E-state index is -1.10. The second kappa shape index (κ2) is 5.73. The molecule has 22 heavy (non-hydrogen) atoms. The van der Waals surface area contributed by atoms with Crippen molar-refractivity contribution >= 4 is 29.5 Å². The lowest BCUT2D eigenvalue weighted by atomic mass is 10.0. The van der Waals surface area contributed by atoms with E-state index in [1.165, 1.54) is 6.34 Å². The van der Waals surface area contributed by atoms with Crippen molar-refractivity contribution in [1.82, 2.24) is 15.8 Å². The first-order chi connectivity index (χ1) is 10.5. The number of hydrogen-bond acceptors (Lipinski definition) is 6. The molecule has 1 aromatic carbocycles. The van der Waals surface area contributed by atoms with Crippen LogP contribution in [0.3, 0.4) is 0 Å². The smallest absolute Gasteiger partial charge is 0.213 e. The summed E-state index contributed by atoms with van der Waals surface area (Å²) >= 11 is 12.8. The Bertz CT molecular complexity index is 729. The lowest BCUT2D eigenvalue weighted by Gasteiger charge is -2.22. The number of methoxy groups -OCH3 is 1. The number of nitrogens with two attached hydrogens (primary N) is 1. The molecular weight excluding hydrogens is 325 g/mol. The highest BCUT2D eigenvalue weighted by Gasteiger charge is 2.30. The molecule has 1 unspecified atom stereocenters. The van der Waals surface area contributed by atoms with Gasteiger partial charge in [-0.05, 0) is 18.2 Å². The van der Waals surface area contributed by atoms with Crippen LogP contribution in [0.2, 0.25) is 10.0 Å². The van der Waals surface area contributed by atoms with E-state index >= 15 is 0 Å². The summed E-state index contributed by atoms with van der Waals surface area (Å²) in [6.07, 6.45) is 1.47. The van der Waals surface area contributed by atoms with Crippen LogP contribution in [0.25, 0.3) is 11.3 Å². The minimum absolute atomic E-state index is 0.428. The van der Waals surface area contributed by atoms with Gasteiger partial charge in [0.05, 0.1) is 22.8 Å². The van der Waals surface area contributed by atoms with E-state index in [4.69, 9.17) is 33.7 Å². The molecule has 1 aromatic heterocycles. The molecule has 2 heterocycles. The highest BCUT2D eigenvalue weighted by molar-refractivity contribution is 6.39. The van der Waals surface area contributed by atoms with E-state index in [1.54, 1.807) is 31.4 Å². The van der Waals surface area contributed by atoms with Crippen molar-refractivity contribution in [2.24, 2.45) is 10.7 Å². The van der Waals surface area contributed by atoms with Crippen molar-refractivity contribution < 1.29 is 4.74 Å². The monoisotopic (exact) mass is 337 g/mol. The number of nitrogens with one attached hydrogen (secondary N) is 2. The molecule has 2 aromatic rings. The number of benzene rings is 1. The number of rotatable bonds is 3. The number of nitrogens with zero attached hydrogens (tertiary/aromatic N) is 2. The van der Waals surface area contributed by atoms with Crippen molar-refractivity contribution in [3.63, 3.8) is 0 Å². The Morgan fingerprint density at radius 2 is 1.95 bits per heavy atom. The fourth-order valence-electron chi connectivity index (χ4n) is 2.16. The Hall–Kier alpha value is -1.86. The van der Waals surface area contributed by atoms with E-state index in [2.05, 4.69) is 20.8 Å². The van der Waals surface area contributed by atoms with E-state index in [0.717, 1.165) is 0 Å². The predicted octanol–water partition coefficient (Wildman–Crippen LogP) is 2.27. The van der Waals surface area contributed by atoms with Crippen LogP contribution in [0.1, 0.15) is 5.56 Å². The van der Waals surface area contributed by atoms with Crippen LogP contribution in [0.4, 0.5) is 0 Å². The van der Waals surface area contributed by atoms with E-state index in [0.29, 0.717) is 32.7 Å². The van der Waals surface area contributed by atoms with Crippen LogP contribution in [0.5, 0.6) is 5.88 Å². The summed E-state index contributed by atoms with van der Waals surface area (Å²) in [5, 5.41) is 0.856. The van der Waals surface area contributed by atoms with Gasteiger partial charge in [-0.1, -0.05) is 29.3 Å². The predicted molar refractivity (Wildman–Crippen MR) is 86.9 cm³/mol. The van der Waals surface area contributed by atoms with Crippen LogP contribution >= 0.6 is 23.2 Å². The van der Waals surface area contributed by atoms with Crippen LogP contribution in [0.15, 0.2) is 35.3 Å². The standard InChI is InChI=1S/C14H13Cl2N5O/c1-22-12-4-2-3-11(20-12)13-9(15)5-8(6-10(13)16)14(17)18-7-19-21-14/h2-7,21H,17H2,1H3,(H,18,19). The van der Waals surface area contributed by atoms with E-state index < -0.39 is 5.79 Å². The summed E-state index contributed by atoms with van der Waals surface area (Å²) in [7, 11) is 1.55. The lowest BCUT2D eigenvalue weighted by molar-refractivity contribution is 0.375. The molecule has 0 amide bonds. The quantitative estimate of drug-likeness (QED) is 0.800. The number of hydrazine groups is 1. The fraction of sp³-hybridized carbons (Fsp3) is 0.143. The molecule has 0 radical (unpaired) electrons. The fourth-order valence-corrected chi connectivity index (χ4v) is 2.84. The zero-order valence-corrected chi connectivity index (χ0v) is 13.1. The first-order valence-electron chi connectivity index (χ1n) is 6.40. The largest absolute Gasteiger partial charge is 0.481 e. The summed E-state index contributed by atoms with van der Waals surface area (Å²) < 4.78 is 5.12. The summed E-state index contributed by atoms with van der Waals surface area (Å²) in [6, 6.07) is 8.79. The maximum atomic E-state index is 6.38. The third kappa shape index (κ3) is 2.62. The molecule has 0 bridgehead atoms. The molecular formula is C14H13Cl2N5O. The van der Waals surface area contributed by atoms with Crippen molar-refractivity contribution in [3.05, 3.63) is 45.9 Å². The Morgan fingerprint density at radius 1 is 1.23 bits per heavy atom. The average Bonchev–Trinajstić information content (AvgIpc) is 2.95. The van der Waals surface area contributed by atoms with Gasteiger partial charge < -0.3 is 10.2 Å². The van der Waals surface area contributed by atoms with Gasteiger partial charge in [0.25, 0.3) is 0 Å². The van der Waals surface area contributed by atoms with Crippen molar-refractivity contribution in [2.75, 3.05) is 7.11 Å². The number of halogens is 2. The number of pyridine rings is 1. The second-order valence-corrected chi connectivity index (χ2v) is 5.49. The zero-order chi connectivity index (χ0) is 15.7. The van der Waals surface area contributed by atoms with Crippen LogP contribution in [-0.2, 0) is 5.79 Å². The maximum Gasteiger partial charge on any atom is 0.213 e. The van der Waals surface area contributed by atoms with E-state index in [1.807, 2.05) is 6.07 Å². The molecule has 8 heteroatoms. The molecule has 0 spiro atoms. The number of aromatic nitrogens is 1. The van der Waals surface area contributed by atoms with Gasteiger partial charge in [0, 0.05) is 17.2 Å². The van der Waals surface area contributed by atoms with Gasteiger partial charge >= 0.3 is 0 Å². The number of hydrogen-bond donors (Lipinski definition) is 3.